The van der Waals surface area contributed by atoms with Crippen LogP contribution < -0.4 is 4.47 Å². The SMILES string of the molecule is CCCS(=O)(=O)N(OC(C)=O)c1cccc(C2(C)C3CN(CCCc4ccccc4)CC32)c1. The van der Waals surface area contributed by atoms with Crippen LogP contribution in [0.15, 0.2) is 54.6 Å². The maximum absolute atomic E-state index is 12.7. The van der Waals surface area contributed by atoms with Crippen LogP contribution in [0.25, 0.3) is 0 Å². The van der Waals surface area contributed by atoms with Crippen molar-refractivity contribution in [3.63, 3.8) is 0 Å². The summed E-state index contributed by atoms with van der Waals surface area (Å²) in [7, 11) is -3.74. The molecule has 7 heteroatoms. The van der Waals surface area contributed by atoms with Gasteiger partial charge in [-0.3, -0.25) is 0 Å². The maximum atomic E-state index is 12.7. The molecule has 178 valence electrons. The molecule has 1 saturated heterocycles. The van der Waals surface area contributed by atoms with Crippen LogP contribution in [-0.4, -0.2) is 44.7 Å². The van der Waals surface area contributed by atoms with Gasteiger partial charge in [-0.15, -0.1) is 0 Å². The molecule has 2 aromatic carbocycles. The van der Waals surface area contributed by atoms with Crippen LogP contribution in [0.3, 0.4) is 0 Å². The van der Waals surface area contributed by atoms with Gasteiger partial charge in [0.05, 0.1) is 11.4 Å². The minimum absolute atomic E-state index is 0.0301. The lowest BCUT2D eigenvalue weighted by Gasteiger charge is -2.26. The van der Waals surface area contributed by atoms with Crippen molar-refractivity contribution in [3.05, 3.63) is 65.7 Å². The van der Waals surface area contributed by atoms with Gasteiger partial charge in [0.2, 0.25) is 0 Å². The highest BCUT2D eigenvalue weighted by Gasteiger charge is 2.65. The van der Waals surface area contributed by atoms with Crippen molar-refractivity contribution in [1.82, 2.24) is 4.90 Å². The Morgan fingerprint density at radius 2 is 1.82 bits per heavy atom. The van der Waals surface area contributed by atoms with E-state index >= 15 is 0 Å². The molecule has 2 aromatic rings. The zero-order chi connectivity index (χ0) is 23.6. The van der Waals surface area contributed by atoms with E-state index in [2.05, 4.69) is 48.2 Å². The molecule has 2 aliphatic rings. The van der Waals surface area contributed by atoms with Gasteiger partial charge in [0.25, 0.3) is 10.0 Å². The number of rotatable bonds is 10. The Morgan fingerprint density at radius 3 is 2.45 bits per heavy atom. The van der Waals surface area contributed by atoms with E-state index in [1.165, 1.54) is 12.5 Å². The van der Waals surface area contributed by atoms with Gasteiger partial charge in [0, 0.05) is 25.4 Å². The van der Waals surface area contributed by atoms with E-state index in [-0.39, 0.29) is 11.2 Å². The van der Waals surface area contributed by atoms with Crippen molar-refractivity contribution in [2.75, 3.05) is 29.9 Å². The van der Waals surface area contributed by atoms with E-state index in [0.717, 1.165) is 42.5 Å². The number of fused-ring (bicyclic) bond motifs is 1. The molecule has 2 atom stereocenters. The number of anilines is 1. The third-order valence-electron chi connectivity index (χ3n) is 7.21. The van der Waals surface area contributed by atoms with E-state index in [1.807, 2.05) is 12.1 Å². The molecule has 2 fully saturated rings. The normalized spacial score (nSPS) is 24.3. The molecule has 0 radical (unpaired) electrons. The predicted octanol–water partition coefficient (Wildman–Crippen LogP) is 4.16. The van der Waals surface area contributed by atoms with Gasteiger partial charge in [-0.2, -0.15) is 0 Å². The van der Waals surface area contributed by atoms with Crippen LogP contribution in [-0.2, 0) is 31.5 Å². The molecule has 0 spiro atoms. The number of likely N-dealkylation sites (tertiary alicyclic amines) is 1. The number of hydrogen-bond acceptors (Lipinski definition) is 5. The molecule has 0 aromatic heterocycles. The molecule has 1 heterocycles. The first-order chi connectivity index (χ1) is 15.8. The quantitative estimate of drug-likeness (QED) is 0.488. The molecule has 1 aliphatic heterocycles. The summed E-state index contributed by atoms with van der Waals surface area (Å²) in [5.74, 6) is 0.406. The van der Waals surface area contributed by atoms with Crippen molar-refractivity contribution in [2.45, 2.75) is 45.4 Å². The first kappa shape index (κ1) is 23.8. The Kier molecular flexibility index (Phi) is 6.82. The third-order valence-corrected chi connectivity index (χ3v) is 8.93. The average molecular weight is 471 g/mol. The fraction of sp³-hybridized carbons (Fsp3) is 0.500. The Morgan fingerprint density at radius 1 is 1.12 bits per heavy atom. The third kappa shape index (κ3) is 4.94. The van der Waals surface area contributed by atoms with Gasteiger partial charge >= 0.3 is 5.97 Å². The standard InChI is InChI=1S/C26H34N2O4S/c1-4-16-33(30,31)28(32-20(2)29)23-14-8-13-22(17-23)26(3)24-18-27(19-25(24)26)15-9-12-21-10-6-5-7-11-21/h5-8,10-11,13-14,17,24-25H,4,9,12,15-16,18-19H2,1-3H3. The molecule has 1 saturated carbocycles. The minimum atomic E-state index is -3.74. The molecular formula is C26H34N2O4S. The predicted molar refractivity (Wildman–Crippen MR) is 130 cm³/mol. The van der Waals surface area contributed by atoms with Crippen LogP contribution in [0.2, 0.25) is 0 Å². The monoisotopic (exact) mass is 470 g/mol. The van der Waals surface area contributed by atoms with Crippen LogP contribution >= 0.6 is 0 Å². The summed E-state index contributed by atoms with van der Waals surface area (Å²) in [5, 5.41) is 0. The largest absolute Gasteiger partial charge is 0.330 e. The number of piperidine rings is 1. The lowest BCUT2D eigenvalue weighted by molar-refractivity contribution is -0.140. The van der Waals surface area contributed by atoms with Crippen molar-refractivity contribution in [3.8, 4) is 0 Å². The summed E-state index contributed by atoms with van der Waals surface area (Å²) < 4.78 is 26.3. The zero-order valence-electron chi connectivity index (χ0n) is 19.7. The lowest BCUT2D eigenvalue weighted by atomic mass is 9.92. The van der Waals surface area contributed by atoms with Gasteiger partial charge in [0.1, 0.15) is 0 Å². The van der Waals surface area contributed by atoms with Crippen LogP contribution in [0, 0.1) is 11.8 Å². The highest BCUT2D eigenvalue weighted by atomic mass is 32.2. The highest BCUT2D eigenvalue weighted by molar-refractivity contribution is 7.92. The number of carbonyl (C=O) groups is 1. The second kappa shape index (κ2) is 9.47. The first-order valence-corrected chi connectivity index (χ1v) is 13.4. The smallest absolute Gasteiger partial charge is 0.326 e. The summed E-state index contributed by atoms with van der Waals surface area (Å²) in [6.45, 7) is 8.53. The van der Waals surface area contributed by atoms with Gasteiger partial charge in [0.15, 0.2) is 0 Å². The van der Waals surface area contributed by atoms with Crippen molar-refractivity contribution >= 4 is 21.7 Å². The number of aryl methyl sites for hydroxylation is 1. The topological polar surface area (TPSA) is 66.9 Å². The molecule has 0 bridgehead atoms. The Hall–Kier alpha value is -2.38. The van der Waals surface area contributed by atoms with E-state index in [1.54, 1.807) is 13.0 Å². The molecule has 6 nitrogen and oxygen atoms in total. The van der Waals surface area contributed by atoms with Crippen LogP contribution in [0.1, 0.15) is 44.7 Å². The Bertz CT molecular complexity index is 1070. The zero-order valence-corrected chi connectivity index (χ0v) is 20.6. The van der Waals surface area contributed by atoms with Crippen molar-refractivity contribution in [1.29, 1.82) is 0 Å². The lowest BCUT2D eigenvalue weighted by Crippen LogP contribution is -2.35. The molecule has 33 heavy (non-hydrogen) atoms. The van der Waals surface area contributed by atoms with E-state index in [4.69, 9.17) is 4.84 Å². The summed E-state index contributed by atoms with van der Waals surface area (Å²) in [6.07, 6.45) is 2.70. The van der Waals surface area contributed by atoms with E-state index in [9.17, 15) is 13.2 Å². The first-order valence-electron chi connectivity index (χ1n) is 11.8. The van der Waals surface area contributed by atoms with E-state index < -0.39 is 16.0 Å². The second-order valence-corrected chi connectivity index (χ2v) is 11.4. The number of carbonyl (C=O) groups excluding carboxylic acids is 1. The molecule has 1 aliphatic carbocycles. The average Bonchev–Trinajstić information content (AvgIpc) is 3.12. The molecule has 0 amide bonds. The Labute approximate surface area is 197 Å². The second-order valence-electron chi connectivity index (χ2n) is 9.52. The minimum Gasteiger partial charge on any atom is -0.326 e. The van der Waals surface area contributed by atoms with Crippen LogP contribution in [0.5, 0.6) is 0 Å². The Balaban J connectivity index is 1.41. The van der Waals surface area contributed by atoms with Gasteiger partial charge < -0.3 is 9.74 Å². The summed E-state index contributed by atoms with van der Waals surface area (Å²) >= 11 is 0. The number of benzene rings is 2. The van der Waals surface area contributed by atoms with Crippen molar-refractivity contribution in [2.24, 2.45) is 11.8 Å². The summed E-state index contributed by atoms with van der Waals surface area (Å²) in [6, 6.07) is 18.1. The molecular weight excluding hydrogens is 436 g/mol. The summed E-state index contributed by atoms with van der Waals surface area (Å²) in [5.41, 5.74) is 2.92. The fourth-order valence-electron chi connectivity index (χ4n) is 5.41. The van der Waals surface area contributed by atoms with Gasteiger partial charge in [-0.1, -0.05) is 60.8 Å². The maximum Gasteiger partial charge on any atom is 0.330 e. The van der Waals surface area contributed by atoms with E-state index in [0.29, 0.717) is 23.9 Å². The molecule has 0 N–H and O–H groups in total. The fourth-order valence-corrected chi connectivity index (χ4v) is 6.74. The number of nitrogens with zero attached hydrogens (tertiary/aromatic N) is 2. The van der Waals surface area contributed by atoms with Gasteiger partial charge in [-0.25, -0.2) is 13.2 Å². The number of hydrogen-bond donors (Lipinski definition) is 0. The summed E-state index contributed by atoms with van der Waals surface area (Å²) in [4.78, 5) is 19.3. The van der Waals surface area contributed by atoms with Crippen LogP contribution in [0.4, 0.5) is 5.69 Å². The molecule has 4 rings (SSSR count). The number of sulfonamides is 1. The molecule has 2 unspecified atom stereocenters. The highest BCUT2D eigenvalue weighted by Crippen LogP contribution is 2.63. The van der Waals surface area contributed by atoms with Gasteiger partial charge in [-0.05, 0) is 60.9 Å². The van der Waals surface area contributed by atoms with Crippen molar-refractivity contribution < 1.29 is 18.0 Å².